The van der Waals surface area contributed by atoms with E-state index >= 15 is 0 Å². The SMILES string of the molecule is C[SiH](C)[Hf]([Cl])([Cl])([CH]1C(C(C)(C)C)=Cc2c(-c3cccc4ccccc34)cccc21)[CH]1C(C(C)(C)C)=Cc2c(-c3cccc4ccccc34)cccc21. The van der Waals surface area contributed by atoms with Gasteiger partial charge in [-0.05, 0) is 0 Å². The van der Waals surface area contributed by atoms with Crippen LogP contribution in [-0.4, -0.2) is 5.98 Å². The zero-order valence-electron chi connectivity index (χ0n) is 31.7. The molecular formula is C48H49Cl2HfSi. The van der Waals surface area contributed by atoms with Gasteiger partial charge < -0.3 is 0 Å². The molecule has 0 saturated heterocycles. The fourth-order valence-electron chi connectivity index (χ4n) is 9.52. The molecule has 8 rings (SSSR count). The second-order valence-corrected chi connectivity index (χ2v) is 76.9. The quantitative estimate of drug-likeness (QED) is 0.151. The van der Waals surface area contributed by atoms with Gasteiger partial charge in [-0.1, -0.05) is 0 Å². The zero-order chi connectivity index (χ0) is 36.8. The van der Waals surface area contributed by atoms with Gasteiger partial charge in [-0.3, -0.25) is 0 Å². The first-order valence-corrected chi connectivity index (χ1v) is 41.0. The van der Waals surface area contributed by atoms with Crippen LogP contribution in [0.2, 0.25) is 13.1 Å². The third-order valence-electron chi connectivity index (χ3n) is 12.2. The normalized spacial score (nSPS) is 18.2. The van der Waals surface area contributed by atoms with E-state index in [9.17, 15) is 0 Å². The molecule has 52 heavy (non-hydrogen) atoms. The summed E-state index contributed by atoms with van der Waals surface area (Å²) in [7, 11) is 17.9. The molecule has 0 fully saturated rings. The van der Waals surface area contributed by atoms with Gasteiger partial charge in [-0.2, -0.15) is 0 Å². The topological polar surface area (TPSA) is 0 Å². The van der Waals surface area contributed by atoms with Gasteiger partial charge in [-0.25, -0.2) is 0 Å². The van der Waals surface area contributed by atoms with Crippen molar-refractivity contribution in [1.29, 1.82) is 0 Å². The third kappa shape index (κ3) is 5.45. The molecule has 0 amide bonds. The van der Waals surface area contributed by atoms with Gasteiger partial charge in [0, 0.05) is 0 Å². The van der Waals surface area contributed by atoms with Crippen LogP contribution in [0, 0.1) is 10.8 Å². The molecule has 0 radical (unpaired) electrons. The first kappa shape index (κ1) is 36.0. The summed E-state index contributed by atoms with van der Waals surface area (Å²) < 4.78 is 0.0275. The van der Waals surface area contributed by atoms with Crippen LogP contribution in [-0.2, 0) is 15.3 Å². The van der Waals surface area contributed by atoms with Gasteiger partial charge in [0.25, 0.3) is 0 Å². The zero-order valence-corrected chi connectivity index (χ0v) is 37.9. The fraction of sp³-hybridized carbons (Fsp3) is 0.250. The maximum absolute atomic E-state index is 8.95. The predicted molar refractivity (Wildman–Crippen MR) is 230 cm³/mol. The molecule has 2 aliphatic rings. The maximum atomic E-state index is 8.95. The second kappa shape index (κ2) is 12.5. The summed E-state index contributed by atoms with van der Waals surface area (Å²) in [6.45, 7) is 19.1. The van der Waals surface area contributed by atoms with Crippen molar-refractivity contribution in [2.75, 3.05) is 0 Å². The van der Waals surface area contributed by atoms with E-state index in [0.29, 0.717) is 0 Å². The van der Waals surface area contributed by atoms with Crippen LogP contribution in [0.5, 0.6) is 0 Å². The van der Waals surface area contributed by atoms with E-state index in [1.165, 1.54) is 77.2 Å². The predicted octanol–water partition coefficient (Wildman–Crippen LogP) is 15.0. The summed E-state index contributed by atoms with van der Waals surface area (Å²) in [4.78, 5) is 0. The molecule has 2 atom stereocenters. The number of allylic oxidation sites excluding steroid dienone is 2. The Morgan fingerprint density at radius 2 is 0.808 bits per heavy atom. The molecule has 0 bridgehead atoms. The van der Waals surface area contributed by atoms with Crippen molar-refractivity contribution >= 4 is 56.8 Å². The molecule has 0 N–H and O–H groups in total. The van der Waals surface area contributed by atoms with Crippen LogP contribution in [0.3, 0.4) is 0 Å². The number of halogens is 2. The molecule has 263 valence electrons. The summed E-state index contributed by atoms with van der Waals surface area (Å²) in [5.74, 6) is -1.75. The second-order valence-electron chi connectivity index (χ2n) is 17.6. The van der Waals surface area contributed by atoms with Gasteiger partial charge in [0.1, 0.15) is 0 Å². The van der Waals surface area contributed by atoms with Crippen molar-refractivity contribution < 1.29 is 15.3 Å². The van der Waals surface area contributed by atoms with Gasteiger partial charge >= 0.3 is 322 Å². The van der Waals surface area contributed by atoms with Crippen molar-refractivity contribution in [3.8, 4) is 22.3 Å². The summed E-state index contributed by atoms with van der Waals surface area (Å²) in [6.07, 6.45) is 5.02. The Balaban J connectivity index is 1.41. The van der Waals surface area contributed by atoms with Crippen LogP contribution in [0.4, 0.5) is 0 Å². The molecule has 0 nitrogen and oxygen atoms in total. The van der Waals surface area contributed by atoms with Crippen molar-refractivity contribution in [3.63, 3.8) is 0 Å². The number of fused-ring (bicyclic) bond motifs is 4. The third-order valence-corrected chi connectivity index (χ3v) is 84.6. The standard InChI is InChI=1S/2C23H21.C2H7Si.2ClH.Hf/c2*1-23(2,3)18-14-17-10-7-13-21(22(17)15-18)20-12-6-9-16-8-4-5-11-19(16)20;1-3-2;;;/h2*4-15H,1-3H3;3H,1-2H3;2*1H;/q;;;;;+2/p-2. The molecular weight excluding hydrogens is 854 g/mol. The van der Waals surface area contributed by atoms with Crippen LogP contribution in [0.25, 0.3) is 56.0 Å². The Kier molecular flexibility index (Phi) is 8.67. The van der Waals surface area contributed by atoms with E-state index in [2.05, 4.69) is 188 Å². The summed E-state index contributed by atoms with van der Waals surface area (Å²) in [6, 6.07) is 44.7. The van der Waals surface area contributed by atoms with Gasteiger partial charge in [0.05, 0.1) is 0 Å². The Bertz CT molecular complexity index is 2290. The first-order valence-electron chi connectivity index (χ1n) is 18.8. The average molecular weight is 903 g/mol. The molecule has 0 saturated carbocycles. The Morgan fingerprint density at radius 1 is 0.462 bits per heavy atom. The molecule has 0 aromatic heterocycles. The molecule has 0 heterocycles. The number of hydrogen-bond donors (Lipinski definition) is 0. The molecule has 6 aromatic rings. The van der Waals surface area contributed by atoms with Crippen molar-refractivity contribution in [2.24, 2.45) is 10.8 Å². The monoisotopic (exact) mass is 903 g/mol. The molecule has 0 aliphatic heterocycles. The number of hydrogen-bond acceptors (Lipinski definition) is 0. The molecule has 6 aromatic carbocycles. The Hall–Kier alpha value is -3.01. The number of rotatable bonds is 5. The van der Waals surface area contributed by atoms with E-state index in [0.717, 1.165) is 0 Å². The summed E-state index contributed by atoms with van der Waals surface area (Å²) in [5.41, 5.74) is 12.9. The minimum absolute atomic E-state index is 0.0137. The molecule has 2 aliphatic carbocycles. The van der Waals surface area contributed by atoms with Crippen LogP contribution in [0.1, 0.15) is 71.1 Å². The van der Waals surface area contributed by atoms with Crippen molar-refractivity contribution in [1.82, 2.24) is 0 Å². The Morgan fingerprint density at radius 3 is 1.19 bits per heavy atom. The van der Waals surface area contributed by atoms with Crippen LogP contribution in [0.15, 0.2) is 132 Å². The summed E-state index contributed by atoms with van der Waals surface area (Å²) >= 11 is -5.25. The van der Waals surface area contributed by atoms with Gasteiger partial charge in [0.2, 0.25) is 0 Å². The van der Waals surface area contributed by atoms with Crippen LogP contribution >= 0.6 is 17.2 Å². The minimum atomic E-state index is -5.25. The van der Waals surface area contributed by atoms with E-state index in [4.69, 9.17) is 17.2 Å². The summed E-state index contributed by atoms with van der Waals surface area (Å²) in [5, 5.41) is 5.06. The van der Waals surface area contributed by atoms with E-state index in [1.54, 1.807) is 0 Å². The van der Waals surface area contributed by atoms with Crippen molar-refractivity contribution in [3.05, 3.63) is 155 Å². The van der Waals surface area contributed by atoms with Gasteiger partial charge in [0.15, 0.2) is 0 Å². The van der Waals surface area contributed by atoms with E-state index < -0.39 is 21.3 Å². The Labute approximate surface area is 319 Å². The molecule has 0 spiro atoms. The molecule has 4 heteroatoms. The van der Waals surface area contributed by atoms with E-state index in [-0.39, 0.29) is 18.2 Å². The fourth-order valence-corrected chi connectivity index (χ4v) is 54.1. The van der Waals surface area contributed by atoms with E-state index in [1.807, 2.05) is 0 Å². The first-order chi connectivity index (χ1) is 24.6. The van der Waals surface area contributed by atoms with Crippen LogP contribution < -0.4 is 0 Å². The number of benzene rings is 6. The molecule has 2 unspecified atom stereocenters. The van der Waals surface area contributed by atoms with Gasteiger partial charge in [-0.15, -0.1) is 0 Å². The average Bonchev–Trinajstić information content (AvgIpc) is 3.73. The van der Waals surface area contributed by atoms with Crippen molar-refractivity contribution in [2.45, 2.75) is 62.0 Å².